The highest BCUT2D eigenvalue weighted by Crippen LogP contribution is 2.31. The largest absolute Gasteiger partial charge is 0.488 e. The fourth-order valence-corrected chi connectivity index (χ4v) is 4.15. The van der Waals surface area contributed by atoms with Crippen LogP contribution in [0.15, 0.2) is 36.9 Å². The smallest absolute Gasteiger partial charge is 0.356 e. The van der Waals surface area contributed by atoms with Gasteiger partial charge in [-0.05, 0) is 43.9 Å². The number of carboxylic acid groups (broad SMARTS) is 1. The molecule has 1 N–H and O–H groups in total. The highest BCUT2D eigenvalue weighted by molar-refractivity contribution is 5.87. The standard InChI is InChI=1S/C21H25N3O3/c1-3-9-24-19-8-7-15(11-18(19)20(22-24)21(25)26)23-12-17(13-23)27-16-6-4-5-14(2)10-16/h3-6,10,15,17H,1,7-9,11-13H2,2H3,(H,25,26). The summed E-state index contributed by atoms with van der Waals surface area (Å²) >= 11 is 0. The summed E-state index contributed by atoms with van der Waals surface area (Å²) in [5.41, 5.74) is 3.34. The van der Waals surface area contributed by atoms with Crippen molar-refractivity contribution in [1.29, 1.82) is 0 Å². The molecule has 0 saturated carbocycles. The summed E-state index contributed by atoms with van der Waals surface area (Å²) in [6.07, 6.45) is 4.58. The summed E-state index contributed by atoms with van der Waals surface area (Å²) < 4.78 is 7.85. The number of nitrogens with zero attached hydrogens (tertiary/aromatic N) is 3. The third kappa shape index (κ3) is 3.49. The Bertz CT molecular complexity index is 868. The fraction of sp³-hybridized carbons (Fsp3) is 0.429. The van der Waals surface area contributed by atoms with Crippen LogP contribution in [0.5, 0.6) is 5.75 Å². The average molecular weight is 367 g/mol. The minimum absolute atomic E-state index is 0.199. The summed E-state index contributed by atoms with van der Waals surface area (Å²) in [6, 6.07) is 8.48. The third-order valence-corrected chi connectivity index (χ3v) is 5.51. The summed E-state index contributed by atoms with van der Waals surface area (Å²) in [4.78, 5) is 14.0. The van der Waals surface area contributed by atoms with Gasteiger partial charge in [0.15, 0.2) is 5.69 Å². The van der Waals surface area contributed by atoms with Gasteiger partial charge in [0, 0.05) is 30.4 Å². The average Bonchev–Trinajstić information content (AvgIpc) is 2.96. The Hall–Kier alpha value is -2.60. The van der Waals surface area contributed by atoms with E-state index in [9.17, 15) is 9.90 Å². The van der Waals surface area contributed by atoms with E-state index >= 15 is 0 Å². The maximum atomic E-state index is 11.6. The van der Waals surface area contributed by atoms with E-state index in [2.05, 4.69) is 35.6 Å². The lowest BCUT2D eigenvalue weighted by molar-refractivity contribution is -0.0129. The van der Waals surface area contributed by atoms with Crippen molar-refractivity contribution in [3.8, 4) is 5.75 Å². The van der Waals surface area contributed by atoms with Crippen molar-refractivity contribution in [3.63, 3.8) is 0 Å². The molecule has 27 heavy (non-hydrogen) atoms. The fourth-order valence-electron chi connectivity index (χ4n) is 4.15. The molecule has 1 aliphatic carbocycles. The number of rotatable bonds is 6. The Morgan fingerprint density at radius 2 is 2.26 bits per heavy atom. The molecule has 4 rings (SSSR count). The van der Waals surface area contributed by atoms with Crippen LogP contribution in [0.4, 0.5) is 0 Å². The number of carbonyl (C=O) groups is 1. The second kappa shape index (κ2) is 7.19. The maximum Gasteiger partial charge on any atom is 0.356 e. The number of aromatic nitrogens is 2. The molecule has 0 bridgehead atoms. The van der Waals surface area contributed by atoms with Crippen molar-refractivity contribution in [2.45, 2.75) is 44.9 Å². The molecule has 1 atom stereocenters. The van der Waals surface area contributed by atoms with Crippen molar-refractivity contribution < 1.29 is 14.6 Å². The van der Waals surface area contributed by atoms with Gasteiger partial charge in [-0.2, -0.15) is 5.10 Å². The van der Waals surface area contributed by atoms with Gasteiger partial charge in [-0.1, -0.05) is 18.2 Å². The van der Waals surface area contributed by atoms with E-state index in [1.807, 2.05) is 12.1 Å². The number of likely N-dealkylation sites (tertiary alicyclic amines) is 1. The van der Waals surface area contributed by atoms with Crippen LogP contribution in [0.25, 0.3) is 0 Å². The van der Waals surface area contributed by atoms with Crippen molar-refractivity contribution in [3.05, 3.63) is 59.4 Å². The van der Waals surface area contributed by atoms with Gasteiger partial charge >= 0.3 is 5.97 Å². The zero-order valence-electron chi connectivity index (χ0n) is 15.6. The molecule has 1 unspecified atom stereocenters. The predicted octanol–water partition coefficient (Wildman–Crippen LogP) is 2.70. The highest BCUT2D eigenvalue weighted by Gasteiger charge is 2.37. The van der Waals surface area contributed by atoms with E-state index in [1.165, 1.54) is 5.56 Å². The van der Waals surface area contributed by atoms with Crippen molar-refractivity contribution in [2.24, 2.45) is 0 Å². The highest BCUT2D eigenvalue weighted by atomic mass is 16.5. The number of aromatic carboxylic acids is 1. The minimum Gasteiger partial charge on any atom is -0.488 e. The molecule has 2 aliphatic rings. The van der Waals surface area contributed by atoms with E-state index in [4.69, 9.17) is 4.74 Å². The number of allylic oxidation sites excluding steroid dienone is 1. The molecule has 1 fully saturated rings. The molecule has 2 aromatic rings. The molecular weight excluding hydrogens is 342 g/mol. The van der Waals surface area contributed by atoms with Crippen LogP contribution >= 0.6 is 0 Å². The molecule has 2 heterocycles. The van der Waals surface area contributed by atoms with Crippen LogP contribution < -0.4 is 4.74 Å². The summed E-state index contributed by atoms with van der Waals surface area (Å²) in [6.45, 7) is 8.13. The van der Waals surface area contributed by atoms with Crippen LogP contribution in [0.2, 0.25) is 0 Å². The first kappa shape index (κ1) is 17.8. The van der Waals surface area contributed by atoms with Crippen molar-refractivity contribution in [2.75, 3.05) is 13.1 Å². The van der Waals surface area contributed by atoms with Gasteiger partial charge in [0.2, 0.25) is 0 Å². The molecule has 0 amide bonds. The Labute approximate surface area is 159 Å². The van der Waals surface area contributed by atoms with Crippen LogP contribution in [0.1, 0.15) is 33.7 Å². The molecule has 1 aliphatic heterocycles. The second-order valence-electron chi connectivity index (χ2n) is 7.46. The Balaban J connectivity index is 1.41. The number of fused-ring (bicyclic) bond motifs is 1. The maximum absolute atomic E-state index is 11.6. The third-order valence-electron chi connectivity index (χ3n) is 5.51. The topological polar surface area (TPSA) is 67.6 Å². The first-order valence-electron chi connectivity index (χ1n) is 9.45. The van der Waals surface area contributed by atoms with E-state index in [0.29, 0.717) is 12.6 Å². The Morgan fingerprint density at radius 3 is 2.96 bits per heavy atom. The summed E-state index contributed by atoms with van der Waals surface area (Å²) in [7, 11) is 0. The first-order valence-corrected chi connectivity index (χ1v) is 9.45. The van der Waals surface area contributed by atoms with Crippen LogP contribution in [-0.4, -0.2) is 51.0 Å². The van der Waals surface area contributed by atoms with Crippen LogP contribution in [-0.2, 0) is 19.4 Å². The zero-order valence-corrected chi connectivity index (χ0v) is 15.6. The molecule has 0 spiro atoms. The molecule has 1 aromatic carbocycles. The molecule has 0 radical (unpaired) electrons. The van der Waals surface area contributed by atoms with Gasteiger partial charge in [0.05, 0.1) is 6.54 Å². The van der Waals surface area contributed by atoms with E-state index < -0.39 is 5.97 Å². The lowest BCUT2D eigenvalue weighted by Crippen LogP contribution is -2.58. The number of hydrogen-bond donors (Lipinski definition) is 1. The van der Waals surface area contributed by atoms with Gasteiger partial charge in [0.25, 0.3) is 0 Å². The van der Waals surface area contributed by atoms with E-state index in [-0.39, 0.29) is 11.8 Å². The number of carboxylic acids is 1. The predicted molar refractivity (Wildman–Crippen MR) is 102 cm³/mol. The van der Waals surface area contributed by atoms with Crippen molar-refractivity contribution >= 4 is 5.97 Å². The molecule has 1 aromatic heterocycles. The Kier molecular flexibility index (Phi) is 4.74. The lowest BCUT2D eigenvalue weighted by atomic mass is 9.88. The van der Waals surface area contributed by atoms with Gasteiger partial charge < -0.3 is 9.84 Å². The normalized spacial score (nSPS) is 20.0. The lowest BCUT2D eigenvalue weighted by Gasteiger charge is -2.45. The monoisotopic (exact) mass is 367 g/mol. The SMILES string of the molecule is C=CCn1nc(C(=O)O)c2c1CCC(N1CC(Oc3cccc(C)c3)C1)C2. The van der Waals surface area contributed by atoms with E-state index in [1.54, 1.807) is 10.8 Å². The number of ether oxygens (including phenoxy) is 1. The first-order chi connectivity index (χ1) is 13.0. The number of hydrogen-bond acceptors (Lipinski definition) is 4. The molecule has 1 saturated heterocycles. The quantitative estimate of drug-likeness (QED) is 0.795. The van der Waals surface area contributed by atoms with E-state index in [0.717, 1.165) is 49.4 Å². The number of aryl methyl sites for hydroxylation is 1. The molecule has 6 heteroatoms. The van der Waals surface area contributed by atoms with Gasteiger partial charge in [0.1, 0.15) is 11.9 Å². The van der Waals surface area contributed by atoms with Gasteiger partial charge in [-0.3, -0.25) is 9.58 Å². The molecular formula is C21H25N3O3. The summed E-state index contributed by atoms with van der Waals surface area (Å²) in [5, 5.41) is 13.8. The zero-order chi connectivity index (χ0) is 19.0. The Morgan fingerprint density at radius 1 is 1.44 bits per heavy atom. The minimum atomic E-state index is -0.945. The van der Waals surface area contributed by atoms with Crippen LogP contribution in [0.3, 0.4) is 0 Å². The second-order valence-corrected chi connectivity index (χ2v) is 7.46. The summed E-state index contributed by atoms with van der Waals surface area (Å²) in [5.74, 6) is -0.0246. The van der Waals surface area contributed by atoms with Gasteiger partial charge in [-0.25, -0.2) is 4.79 Å². The van der Waals surface area contributed by atoms with Gasteiger partial charge in [-0.15, -0.1) is 6.58 Å². The molecule has 142 valence electrons. The molecule has 6 nitrogen and oxygen atoms in total. The van der Waals surface area contributed by atoms with Crippen molar-refractivity contribution in [1.82, 2.24) is 14.7 Å². The van der Waals surface area contributed by atoms with Crippen LogP contribution in [0, 0.1) is 6.92 Å². The number of benzene rings is 1.